The molecule has 1 fully saturated rings. The third kappa shape index (κ3) is 3.92. The van der Waals surface area contributed by atoms with Crippen LogP contribution in [0.2, 0.25) is 0 Å². The van der Waals surface area contributed by atoms with Gasteiger partial charge < -0.3 is 0 Å². The Bertz CT molecular complexity index is 1140. The number of carbonyl (C=O) groups excluding carboxylic acids is 2. The van der Waals surface area contributed by atoms with Crippen LogP contribution in [0.4, 0.5) is 11.4 Å². The number of nitrogens with zero attached hydrogens (tertiary/aromatic N) is 2. The Kier molecular flexibility index (Phi) is 5.53. The summed E-state index contributed by atoms with van der Waals surface area (Å²) in [7, 11) is 0. The van der Waals surface area contributed by atoms with E-state index in [1.807, 2.05) is 93.6 Å². The lowest BCUT2D eigenvalue weighted by atomic mass is 10.0. The molecule has 1 aliphatic heterocycles. The van der Waals surface area contributed by atoms with E-state index >= 15 is 0 Å². The molecule has 4 rings (SSSR count). The fourth-order valence-electron chi connectivity index (χ4n) is 3.48. The maximum atomic E-state index is 13.5. The van der Waals surface area contributed by atoms with Gasteiger partial charge in [-0.3, -0.25) is 19.4 Å². The second kappa shape index (κ2) is 8.28. The van der Waals surface area contributed by atoms with Crippen molar-refractivity contribution in [2.75, 3.05) is 9.80 Å². The van der Waals surface area contributed by atoms with E-state index in [4.69, 9.17) is 12.2 Å². The minimum atomic E-state index is -0.425. The lowest BCUT2D eigenvalue weighted by molar-refractivity contribution is -0.120. The first kappa shape index (κ1) is 20.7. The summed E-state index contributed by atoms with van der Waals surface area (Å²) in [5.74, 6) is -0.851. The van der Waals surface area contributed by atoms with Gasteiger partial charge in [-0.1, -0.05) is 59.7 Å². The second-order valence-corrected chi connectivity index (χ2v) is 8.01. The molecule has 1 heterocycles. The molecule has 0 atom stereocenters. The first-order valence-electron chi connectivity index (χ1n) is 10.0. The Morgan fingerprint density at radius 1 is 0.677 bits per heavy atom. The van der Waals surface area contributed by atoms with E-state index in [1.165, 1.54) is 9.80 Å². The van der Waals surface area contributed by atoms with E-state index in [9.17, 15) is 9.59 Å². The van der Waals surface area contributed by atoms with Gasteiger partial charge in [-0.05, 0) is 74.5 Å². The molecule has 0 N–H and O–H groups in total. The zero-order chi connectivity index (χ0) is 22.1. The van der Waals surface area contributed by atoms with Crippen LogP contribution in [0.25, 0.3) is 6.08 Å². The molecule has 154 valence electrons. The largest absolute Gasteiger partial charge is 0.270 e. The average molecular weight is 427 g/mol. The molecule has 5 heteroatoms. The monoisotopic (exact) mass is 426 g/mol. The van der Waals surface area contributed by atoms with Crippen molar-refractivity contribution in [1.29, 1.82) is 0 Å². The number of amides is 2. The number of anilines is 2. The van der Waals surface area contributed by atoms with Crippen LogP contribution in [-0.4, -0.2) is 16.9 Å². The molecule has 0 spiro atoms. The highest BCUT2D eigenvalue weighted by Gasteiger charge is 2.41. The van der Waals surface area contributed by atoms with Gasteiger partial charge in [-0.2, -0.15) is 0 Å². The van der Waals surface area contributed by atoms with E-state index in [-0.39, 0.29) is 10.7 Å². The second-order valence-electron chi connectivity index (χ2n) is 7.65. The smallest absolute Gasteiger partial charge is 0.268 e. The van der Waals surface area contributed by atoms with Crippen LogP contribution in [0.15, 0.2) is 78.4 Å². The van der Waals surface area contributed by atoms with Gasteiger partial charge in [0, 0.05) is 0 Å². The lowest BCUT2D eigenvalue weighted by Crippen LogP contribution is -2.56. The zero-order valence-corrected chi connectivity index (χ0v) is 18.4. The predicted octanol–water partition coefficient (Wildman–Crippen LogP) is 5.36. The van der Waals surface area contributed by atoms with E-state index in [1.54, 1.807) is 6.08 Å². The lowest BCUT2D eigenvalue weighted by Gasteiger charge is -2.36. The predicted molar refractivity (Wildman–Crippen MR) is 129 cm³/mol. The number of carbonyl (C=O) groups is 2. The summed E-state index contributed by atoms with van der Waals surface area (Å²) in [6.07, 6.45) is 1.66. The molecule has 31 heavy (non-hydrogen) atoms. The van der Waals surface area contributed by atoms with Gasteiger partial charge in [-0.15, -0.1) is 0 Å². The van der Waals surface area contributed by atoms with Crippen molar-refractivity contribution in [3.63, 3.8) is 0 Å². The van der Waals surface area contributed by atoms with E-state index < -0.39 is 11.8 Å². The fraction of sp³-hybridized carbons (Fsp3) is 0.115. The summed E-state index contributed by atoms with van der Waals surface area (Å²) in [6.45, 7) is 5.90. The molecule has 0 aromatic heterocycles. The molecular weight excluding hydrogens is 404 g/mol. The Hall–Kier alpha value is -3.57. The number of hydrogen-bond acceptors (Lipinski definition) is 3. The highest BCUT2D eigenvalue weighted by molar-refractivity contribution is 7.81. The molecule has 1 aliphatic rings. The van der Waals surface area contributed by atoms with Gasteiger partial charge >= 0.3 is 0 Å². The normalized spacial score (nSPS) is 14.3. The third-order valence-corrected chi connectivity index (χ3v) is 5.69. The van der Waals surface area contributed by atoms with Crippen LogP contribution < -0.4 is 9.80 Å². The Morgan fingerprint density at radius 2 is 1.13 bits per heavy atom. The molecular formula is C26H22N2O2S. The highest BCUT2D eigenvalue weighted by Crippen LogP contribution is 2.30. The Morgan fingerprint density at radius 3 is 1.58 bits per heavy atom. The Labute approximate surface area is 187 Å². The molecule has 2 amide bonds. The quantitative estimate of drug-likeness (QED) is 0.322. The van der Waals surface area contributed by atoms with Gasteiger partial charge in [0.05, 0.1) is 11.4 Å². The van der Waals surface area contributed by atoms with Crippen LogP contribution >= 0.6 is 12.2 Å². The summed E-state index contributed by atoms with van der Waals surface area (Å²) in [4.78, 5) is 29.9. The number of aryl methyl sites for hydroxylation is 3. The molecule has 0 aliphatic carbocycles. The van der Waals surface area contributed by atoms with Crippen LogP contribution in [0.1, 0.15) is 22.3 Å². The van der Waals surface area contributed by atoms with Crippen molar-refractivity contribution in [2.24, 2.45) is 0 Å². The molecule has 1 saturated heterocycles. The molecule has 0 saturated carbocycles. The van der Waals surface area contributed by atoms with Crippen LogP contribution in [0.5, 0.6) is 0 Å². The minimum absolute atomic E-state index is 0.0732. The SMILES string of the molecule is Cc1ccc(N2C(=O)C(=Cc3ccccc3C)C(=O)N(c3ccc(C)cc3)C2=S)cc1. The molecule has 0 bridgehead atoms. The molecule has 0 unspecified atom stereocenters. The summed E-state index contributed by atoms with van der Waals surface area (Å²) >= 11 is 5.66. The minimum Gasteiger partial charge on any atom is -0.268 e. The van der Waals surface area contributed by atoms with Gasteiger partial charge in [0.2, 0.25) is 0 Å². The van der Waals surface area contributed by atoms with Crippen molar-refractivity contribution in [3.05, 3.63) is 101 Å². The summed E-state index contributed by atoms with van der Waals surface area (Å²) in [5.41, 5.74) is 5.26. The summed E-state index contributed by atoms with van der Waals surface area (Å²) < 4.78 is 0. The molecule has 4 nitrogen and oxygen atoms in total. The summed E-state index contributed by atoms with van der Waals surface area (Å²) in [6, 6.07) is 22.7. The van der Waals surface area contributed by atoms with Gasteiger partial charge in [0.15, 0.2) is 5.11 Å². The van der Waals surface area contributed by atoms with Crippen molar-refractivity contribution < 1.29 is 9.59 Å². The highest BCUT2D eigenvalue weighted by atomic mass is 32.1. The maximum Gasteiger partial charge on any atom is 0.270 e. The van der Waals surface area contributed by atoms with E-state index in [0.717, 1.165) is 22.3 Å². The average Bonchev–Trinajstić information content (AvgIpc) is 2.75. The number of rotatable bonds is 3. The van der Waals surface area contributed by atoms with Gasteiger partial charge in [0.1, 0.15) is 5.57 Å². The van der Waals surface area contributed by atoms with Gasteiger partial charge in [-0.25, -0.2) is 0 Å². The standard InChI is InChI=1S/C26H22N2O2S/c1-17-8-12-21(13-9-17)27-24(29)23(16-20-7-5-4-6-19(20)3)25(30)28(26(27)31)22-14-10-18(2)11-15-22/h4-16H,1-3H3. The van der Waals surface area contributed by atoms with Crippen LogP contribution in [0, 0.1) is 20.8 Å². The van der Waals surface area contributed by atoms with Crippen molar-refractivity contribution in [1.82, 2.24) is 0 Å². The van der Waals surface area contributed by atoms with E-state index in [2.05, 4.69) is 0 Å². The topological polar surface area (TPSA) is 40.6 Å². The van der Waals surface area contributed by atoms with Gasteiger partial charge in [0.25, 0.3) is 11.8 Å². The molecule has 3 aromatic rings. The molecule has 0 radical (unpaired) electrons. The number of benzene rings is 3. The molecule has 3 aromatic carbocycles. The zero-order valence-electron chi connectivity index (χ0n) is 17.6. The summed E-state index contributed by atoms with van der Waals surface area (Å²) in [5, 5.41) is 0.143. The third-order valence-electron chi connectivity index (χ3n) is 5.32. The van der Waals surface area contributed by atoms with Crippen molar-refractivity contribution in [2.45, 2.75) is 20.8 Å². The van der Waals surface area contributed by atoms with Crippen LogP contribution in [0.3, 0.4) is 0 Å². The fourth-order valence-corrected chi connectivity index (χ4v) is 3.85. The first-order chi connectivity index (χ1) is 14.9. The maximum absolute atomic E-state index is 13.5. The van der Waals surface area contributed by atoms with Crippen molar-refractivity contribution >= 4 is 46.6 Å². The van der Waals surface area contributed by atoms with Crippen molar-refractivity contribution in [3.8, 4) is 0 Å². The number of hydrogen-bond donors (Lipinski definition) is 0. The van der Waals surface area contributed by atoms with E-state index in [0.29, 0.717) is 11.4 Å². The first-order valence-corrected chi connectivity index (χ1v) is 10.4. The van der Waals surface area contributed by atoms with Crippen LogP contribution in [-0.2, 0) is 9.59 Å². The Balaban J connectivity index is 1.88. The number of thiocarbonyl (C=S) groups is 1.